The third-order valence-electron chi connectivity index (χ3n) is 7.05. The molecule has 9 nitrogen and oxygen atoms in total. The van der Waals surface area contributed by atoms with Gasteiger partial charge in [0.2, 0.25) is 5.95 Å². The van der Waals surface area contributed by atoms with E-state index < -0.39 is 12.3 Å². The van der Waals surface area contributed by atoms with Crippen molar-refractivity contribution >= 4 is 34.5 Å². The van der Waals surface area contributed by atoms with Gasteiger partial charge in [-0.15, -0.1) is 11.8 Å². The molecule has 12 heteroatoms. The topological polar surface area (TPSA) is 109 Å². The Labute approximate surface area is 227 Å². The van der Waals surface area contributed by atoms with Crippen LogP contribution in [0.5, 0.6) is 0 Å². The Morgan fingerprint density at radius 2 is 1.97 bits per heavy atom. The van der Waals surface area contributed by atoms with Crippen molar-refractivity contribution in [2.75, 3.05) is 30.8 Å². The van der Waals surface area contributed by atoms with E-state index in [4.69, 9.17) is 9.97 Å². The first-order valence-electron chi connectivity index (χ1n) is 12.6. The zero-order valence-electron chi connectivity index (χ0n) is 21.2. The highest BCUT2D eigenvalue weighted by Crippen LogP contribution is 2.38. The molecule has 4 aromatic rings. The predicted octanol–water partition coefficient (Wildman–Crippen LogP) is 4.01. The molecule has 4 aromatic heterocycles. The summed E-state index contributed by atoms with van der Waals surface area (Å²) in [6.07, 6.45) is 5.99. The van der Waals surface area contributed by atoms with Gasteiger partial charge in [-0.05, 0) is 49.4 Å². The van der Waals surface area contributed by atoms with E-state index in [1.807, 2.05) is 24.3 Å². The number of nitrogens with zero attached hydrogens (tertiary/aromatic N) is 6. The van der Waals surface area contributed by atoms with E-state index in [2.05, 4.69) is 30.5 Å². The molecule has 1 aliphatic heterocycles. The molecular weight excluding hydrogens is 522 g/mol. The van der Waals surface area contributed by atoms with Gasteiger partial charge in [-0.3, -0.25) is 14.8 Å². The van der Waals surface area contributed by atoms with Crippen LogP contribution in [0.25, 0.3) is 22.3 Å². The number of nitrogens with one attached hydrogen (secondary N) is 2. The quantitative estimate of drug-likeness (QED) is 0.331. The number of fused-ring (bicyclic) bond motifs is 1. The van der Waals surface area contributed by atoms with Gasteiger partial charge in [-0.1, -0.05) is 0 Å². The van der Waals surface area contributed by atoms with Gasteiger partial charge in [0.1, 0.15) is 5.69 Å². The summed E-state index contributed by atoms with van der Waals surface area (Å²) in [5, 5.41) is 7.25. The number of thioether (sulfide) groups is 1. The lowest BCUT2D eigenvalue weighted by atomic mass is 10.2. The van der Waals surface area contributed by atoms with Crippen molar-refractivity contribution < 1.29 is 13.6 Å². The standard InChI is InChI=1S/C27H26F2N8OS/c1-39-22-10-17(13-32-23(22)24(28)29)25(38)33-14-18-11-21-16(12-31-18)2-3-19(35-21)20-4-7-30-26(36-20)37-9-8-34-27(15-37)5-6-27/h2-4,7,10-13,24,34H,5-6,8-9,14-15H2,1H3,(H,33,38). The van der Waals surface area contributed by atoms with Crippen LogP contribution in [0.4, 0.5) is 14.7 Å². The number of hydrogen-bond donors (Lipinski definition) is 2. The predicted molar refractivity (Wildman–Crippen MR) is 145 cm³/mol. The molecule has 1 aliphatic carbocycles. The van der Waals surface area contributed by atoms with Crippen LogP contribution in [0.2, 0.25) is 0 Å². The van der Waals surface area contributed by atoms with Crippen molar-refractivity contribution in [1.29, 1.82) is 0 Å². The molecule has 5 heterocycles. The Morgan fingerprint density at radius 3 is 2.77 bits per heavy atom. The van der Waals surface area contributed by atoms with Crippen LogP contribution in [0.15, 0.2) is 53.8 Å². The second-order valence-corrected chi connectivity index (χ2v) is 10.6. The molecule has 1 saturated carbocycles. The number of pyridine rings is 3. The van der Waals surface area contributed by atoms with Gasteiger partial charge in [0.15, 0.2) is 0 Å². The summed E-state index contributed by atoms with van der Waals surface area (Å²) in [6.45, 7) is 2.84. The fourth-order valence-corrected chi connectivity index (χ4v) is 5.33. The number of aromatic nitrogens is 5. The van der Waals surface area contributed by atoms with Gasteiger partial charge < -0.3 is 15.5 Å². The average Bonchev–Trinajstić information content (AvgIpc) is 3.72. The summed E-state index contributed by atoms with van der Waals surface area (Å²) in [4.78, 5) is 37.5. The average molecular weight is 549 g/mol. The first kappa shape index (κ1) is 25.5. The van der Waals surface area contributed by atoms with Crippen LogP contribution in [-0.4, -0.2) is 62.3 Å². The fourth-order valence-electron chi connectivity index (χ4n) is 4.73. The molecule has 0 atom stereocenters. The monoisotopic (exact) mass is 548 g/mol. The van der Waals surface area contributed by atoms with Crippen LogP contribution < -0.4 is 15.5 Å². The third-order valence-corrected chi connectivity index (χ3v) is 7.81. The number of rotatable bonds is 7. The summed E-state index contributed by atoms with van der Waals surface area (Å²) in [5.74, 6) is 0.289. The minimum absolute atomic E-state index is 0.147. The smallest absolute Gasteiger partial charge is 0.281 e. The molecule has 0 unspecified atom stereocenters. The summed E-state index contributed by atoms with van der Waals surface area (Å²) in [6, 6.07) is 8.96. The molecule has 6 rings (SSSR count). The Morgan fingerprint density at radius 1 is 1.13 bits per heavy atom. The van der Waals surface area contributed by atoms with Crippen molar-refractivity contribution in [3.63, 3.8) is 0 Å². The van der Waals surface area contributed by atoms with E-state index in [0.29, 0.717) is 11.6 Å². The summed E-state index contributed by atoms with van der Waals surface area (Å²) >= 11 is 1.12. The third kappa shape index (κ3) is 5.39. The molecule has 0 radical (unpaired) electrons. The number of hydrogen-bond acceptors (Lipinski definition) is 9. The van der Waals surface area contributed by atoms with Crippen molar-refractivity contribution in [3.8, 4) is 11.4 Å². The number of piperazine rings is 1. The van der Waals surface area contributed by atoms with Crippen molar-refractivity contribution in [2.24, 2.45) is 0 Å². The molecule has 1 spiro atoms. The second kappa shape index (κ2) is 10.4. The minimum atomic E-state index is -2.70. The maximum absolute atomic E-state index is 13.1. The molecule has 1 amide bonds. The Kier molecular flexibility index (Phi) is 6.81. The van der Waals surface area contributed by atoms with Gasteiger partial charge in [0.25, 0.3) is 12.3 Å². The van der Waals surface area contributed by atoms with E-state index in [9.17, 15) is 13.6 Å². The largest absolute Gasteiger partial charge is 0.346 e. The fraction of sp³-hybridized carbons (Fsp3) is 0.333. The maximum atomic E-state index is 13.1. The highest BCUT2D eigenvalue weighted by atomic mass is 32.2. The van der Waals surface area contributed by atoms with Gasteiger partial charge in [-0.25, -0.2) is 23.7 Å². The normalized spacial score (nSPS) is 16.2. The van der Waals surface area contributed by atoms with Crippen LogP contribution in [-0.2, 0) is 6.54 Å². The van der Waals surface area contributed by atoms with Crippen LogP contribution in [0, 0.1) is 0 Å². The number of carbonyl (C=O) groups excluding carboxylic acids is 1. The van der Waals surface area contributed by atoms with Gasteiger partial charge >= 0.3 is 0 Å². The minimum Gasteiger partial charge on any atom is -0.346 e. The summed E-state index contributed by atoms with van der Waals surface area (Å²) in [7, 11) is 0. The van der Waals surface area contributed by atoms with E-state index in [0.717, 1.165) is 53.7 Å². The lowest BCUT2D eigenvalue weighted by Gasteiger charge is -2.34. The maximum Gasteiger partial charge on any atom is 0.281 e. The second-order valence-electron chi connectivity index (χ2n) is 9.73. The van der Waals surface area contributed by atoms with Crippen LogP contribution in [0.1, 0.15) is 41.0 Å². The first-order valence-corrected chi connectivity index (χ1v) is 13.8. The summed E-state index contributed by atoms with van der Waals surface area (Å²) < 4.78 is 26.2. The van der Waals surface area contributed by atoms with E-state index >= 15 is 0 Å². The number of carbonyl (C=O) groups is 1. The van der Waals surface area contributed by atoms with Crippen molar-refractivity contribution in [2.45, 2.75) is 36.2 Å². The zero-order valence-corrected chi connectivity index (χ0v) is 22.0. The highest BCUT2D eigenvalue weighted by Gasteiger charge is 2.46. The number of halogens is 2. The van der Waals surface area contributed by atoms with Gasteiger partial charge in [-0.2, -0.15) is 0 Å². The Balaban J connectivity index is 1.18. The lowest BCUT2D eigenvalue weighted by Crippen LogP contribution is -2.53. The van der Waals surface area contributed by atoms with E-state index in [1.54, 1.807) is 18.6 Å². The SMILES string of the molecule is CSc1cc(C(=O)NCc2cc3nc(-c4ccnc(N5CCNC6(CC6)C5)n4)ccc3cn2)cnc1C(F)F. The molecule has 39 heavy (non-hydrogen) atoms. The Bertz CT molecular complexity index is 1550. The van der Waals surface area contributed by atoms with Crippen molar-refractivity contribution in [1.82, 2.24) is 35.6 Å². The van der Waals surface area contributed by atoms with Gasteiger partial charge in [0.05, 0.1) is 34.7 Å². The molecule has 0 aromatic carbocycles. The number of amides is 1. The van der Waals surface area contributed by atoms with E-state index in [1.165, 1.54) is 25.1 Å². The number of alkyl halides is 2. The molecule has 2 aliphatic rings. The lowest BCUT2D eigenvalue weighted by molar-refractivity contribution is 0.0948. The highest BCUT2D eigenvalue weighted by molar-refractivity contribution is 7.98. The molecule has 2 N–H and O–H groups in total. The van der Waals surface area contributed by atoms with Crippen LogP contribution >= 0.6 is 11.8 Å². The van der Waals surface area contributed by atoms with Crippen molar-refractivity contribution in [3.05, 3.63) is 65.9 Å². The Hall–Kier alpha value is -3.77. The van der Waals surface area contributed by atoms with Gasteiger partial charge in [0, 0.05) is 54.0 Å². The molecule has 0 bridgehead atoms. The molecule has 1 saturated heterocycles. The van der Waals surface area contributed by atoms with E-state index in [-0.39, 0.29) is 28.2 Å². The molecule has 2 fully saturated rings. The zero-order chi connectivity index (χ0) is 27.0. The number of anilines is 1. The molecule has 200 valence electrons. The van der Waals surface area contributed by atoms with Crippen LogP contribution in [0.3, 0.4) is 0 Å². The molecular formula is C27H26F2N8OS. The summed E-state index contributed by atoms with van der Waals surface area (Å²) in [5.41, 5.74) is 2.90. The first-order chi connectivity index (χ1) is 18.9.